The van der Waals surface area contributed by atoms with Crippen molar-refractivity contribution in [1.82, 2.24) is 25.4 Å². The van der Waals surface area contributed by atoms with Crippen LogP contribution >= 0.6 is 0 Å². The number of benzene rings is 1. The maximum atomic E-state index is 12.4. The minimum Gasteiger partial charge on any atom is -0.388 e. The summed E-state index contributed by atoms with van der Waals surface area (Å²) >= 11 is 0. The molecule has 25 heavy (non-hydrogen) atoms. The van der Waals surface area contributed by atoms with E-state index in [-0.39, 0.29) is 18.6 Å². The van der Waals surface area contributed by atoms with Crippen molar-refractivity contribution >= 4 is 6.03 Å². The van der Waals surface area contributed by atoms with Gasteiger partial charge in [0.15, 0.2) is 0 Å². The highest BCUT2D eigenvalue weighted by Gasteiger charge is 2.29. The zero-order chi connectivity index (χ0) is 17.5. The van der Waals surface area contributed by atoms with Gasteiger partial charge in [-0.1, -0.05) is 49.6 Å². The lowest BCUT2D eigenvalue weighted by Crippen LogP contribution is -2.48. The van der Waals surface area contributed by atoms with Crippen LogP contribution in [0.15, 0.2) is 43.0 Å². The van der Waals surface area contributed by atoms with E-state index in [2.05, 4.69) is 20.7 Å². The Hall–Kier alpha value is -2.41. The van der Waals surface area contributed by atoms with E-state index in [1.54, 1.807) is 11.0 Å². The molecule has 2 amide bonds. The molecule has 7 nitrogen and oxygen atoms in total. The third kappa shape index (κ3) is 5.03. The van der Waals surface area contributed by atoms with Crippen molar-refractivity contribution in [3.63, 3.8) is 0 Å². The van der Waals surface area contributed by atoms with Gasteiger partial charge >= 0.3 is 6.03 Å². The van der Waals surface area contributed by atoms with Gasteiger partial charge in [0, 0.05) is 6.54 Å². The van der Waals surface area contributed by atoms with Gasteiger partial charge in [0.25, 0.3) is 0 Å². The molecule has 1 saturated carbocycles. The molecule has 1 aromatic carbocycles. The minimum atomic E-state index is -0.774. The van der Waals surface area contributed by atoms with E-state index < -0.39 is 5.60 Å². The number of aliphatic hydroxyl groups is 1. The SMILES string of the molecule is O=C(NCC1(O)CCCCC1)NC(Cn1cncn1)c1ccccc1. The lowest BCUT2D eigenvalue weighted by atomic mass is 9.85. The third-order valence-corrected chi connectivity index (χ3v) is 4.71. The van der Waals surface area contributed by atoms with Crippen molar-refractivity contribution in [3.05, 3.63) is 48.5 Å². The molecular weight excluding hydrogens is 318 g/mol. The molecule has 0 radical (unpaired) electrons. The zero-order valence-corrected chi connectivity index (χ0v) is 14.3. The summed E-state index contributed by atoms with van der Waals surface area (Å²) in [5, 5.41) is 20.4. The molecule has 3 N–H and O–H groups in total. The largest absolute Gasteiger partial charge is 0.388 e. The molecule has 134 valence electrons. The number of urea groups is 1. The van der Waals surface area contributed by atoms with Crippen LogP contribution < -0.4 is 10.6 Å². The van der Waals surface area contributed by atoms with Gasteiger partial charge in [-0.15, -0.1) is 0 Å². The summed E-state index contributed by atoms with van der Waals surface area (Å²) in [4.78, 5) is 16.3. The molecule has 1 unspecified atom stereocenters. The molecule has 1 heterocycles. The Labute approximate surface area is 147 Å². The fraction of sp³-hybridized carbons (Fsp3) is 0.500. The molecule has 1 atom stereocenters. The summed E-state index contributed by atoms with van der Waals surface area (Å²) in [7, 11) is 0. The van der Waals surface area contributed by atoms with Crippen molar-refractivity contribution in [2.45, 2.75) is 50.3 Å². The van der Waals surface area contributed by atoms with Crippen LogP contribution in [-0.2, 0) is 6.54 Å². The summed E-state index contributed by atoms with van der Waals surface area (Å²) in [6, 6.07) is 9.24. The van der Waals surface area contributed by atoms with Gasteiger partial charge in [-0.2, -0.15) is 5.10 Å². The van der Waals surface area contributed by atoms with E-state index in [4.69, 9.17) is 0 Å². The summed E-state index contributed by atoms with van der Waals surface area (Å²) in [6.45, 7) is 0.769. The normalized spacial score (nSPS) is 17.6. The predicted octanol–water partition coefficient (Wildman–Crippen LogP) is 2.01. The molecule has 1 aliphatic carbocycles. The van der Waals surface area contributed by atoms with Crippen LogP contribution in [0.5, 0.6) is 0 Å². The smallest absolute Gasteiger partial charge is 0.315 e. The number of hydrogen-bond acceptors (Lipinski definition) is 4. The Morgan fingerprint density at radius 3 is 2.68 bits per heavy atom. The molecule has 1 aromatic heterocycles. The van der Waals surface area contributed by atoms with Crippen molar-refractivity contribution in [2.75, 3.05) is 6.54 Å². The second-order valence-electron chi connectivity index (χ2n) is 6.69. The number of amides is 2. The monoisotopic (exact) mass is 343 g/mol. The van der Waals surface area contributed by atoms with Gasteiger partial charge in [-0.25, -0.2) is 9.78 Å². The van der Waals surface area contributed by atoms with Gasteiger partial charge < -0.3 is 15.7 Å². The summed E-state index contributed by atoms with van der Waals surface area (Å²) < 4.78 is 1.69. The van der Waals surface area contributed by atoms with Crippen LogP contribution in [0, 0.1) is 0 Å². The van der Waals surface area contributed by atoms with E-state index >= 15 is 0 Å². The first-order chi connectivity index (χ1) is 12.1. The lowest BCUT2D eigenvalue weighted by molar-refractivity contribution is 0.00711. The molecule has 7 heteroatoms. The first-order valence-corrected chi connectivity index (χ1v) is 8.79. The summed E-state index contributed by atoms with van der Waals surface area (Å²) in [5.74, 6) is 0. The number of carbonyl (C=O) groups excluding carboxylic acids is 1. The fourth-order valence-corrected chi connectivity index (χ4v) is 3.27. The maximum absolute atomic E-state index is 12.4. The number of nitrogens with one attached hydrogen (secondary N) is 2. The highest BCUT2D eigenvalue weighted by atomic mass is 16.3. The standard InChI is InChI=1S/C18H25N5O2/c24-17(20-12-18(25)9-5-2-6-10-18)22-16(11-23-14-19-13-21-23)15-7-3-1-4-8-15/h1,3-4,7-8,13-14,16,25H,2,5-6,9-12H2,(H2,20,22,24). The average molecular weight is 343 g/mol. The van der Waals surface area contributed by atoms with Crippen molar-refractivity contribution in [3.8, 4) is 0 Å². The van der Waals surface area contributed by atoms with Crippen LogP contribution in [0.2, 0.25) is 0 Å². The number of aromatic nitrogens is 3. The molecule has 1 fully saturated rings. The Balaban J connectivity index is 1.60. The fourth-order valence-electron chi connectivity index (χ4n) is 3.27. The van der Waals surface area contributed by atoms with Gasteiger partial charge in [0.2, 0.25) is 0 Å². The van der Waals surface area contributed by atoms with Gasteiger partial charge in [0.05, 0.1) is 18.2 Å². The highest BCUT2D eigenvalue weighted by molar-refractivity contribution is 5.74. The Morgan fingerprint density at radius 2 is 2.00 bits per heavy atom. The first-order valence-electron chi connectivity index (χ1n) is 8.79. The van der Waals surface area contributed by atoms with E-state index in [0.717, 1.165) is 37.7 Å². The highest BCUT2D eigenvalue weighted by Crippen LogP contribution is 2.27. The van der Waals surface area contributed by atoms with Crippen LogP contribution in [0.4, 0.5) is 4.79 Å². The molecule has 0 aliphatic heterocycles. The van der Waals surface area contributed by atoms with E-state index in [1.807, 2.05) is 30.3 Å². The van der Waals surface area contributed by atoms with E-state index in [9.17, 15) is 9.90 Å². The maximum Gasteiger partial charge on any atom is 0.315 e. The Bertz CT molecular complexity index is 653. The second-order valence-corrected chi connectivity index (χ2v) is 6.69. The van der Waals surface area contributed by atoms with Gasteiger partial charge in [-0.3, -0.25) is 4.68 Å². The summed E-state index contributed by atoms with van der Waals surface area (Å²) in [5.41, 5.74) is 0.216. The van der Waals surface area contributed by atoms with Crippen molar-refractivity contribution < 1.29 is 9.90 Å². The van der Waals surface area contributed by atoms with Gasteiger partial charge in [0.1, 0.15) is 12.7 Å². The Kier molecular flexibility index (Phi) is 5.65. The van der Waals surface area contributed by atoms with Crippen LogP contribution in [-0.4, -0.2) is 38.0 Å². The molecule has 2 aromatic rings. The van der Waals surface area contributed by atoms with Gasteiger partial charge in [-0.05, 0) is 18.4 Å². The van der Waals surface area contributed by atoms with Crippen molar-refractivity contribution in [2.24, 2.45) is 0 Å². The van der Waals surface area contributed by atoms with Crippen LogP contribution in [0.1, 0.15) is 43.7 Å². The Morgan fingerprint density at radius 1 is 1.24 bits per heavy atom. The first kappa shape index (κ1) is 17.4. The molecule has 3 rings (SSSR count). The van der Waals surface area contributed by atoms with Crippen LogP contribution in [0.3, 0.4) is 0 Å². The molecule has 0 saturated heterocycles. The number of hydrogen-bond donors (Lipinski definition) is 3. The zero-order valence-electron chi connectivity index (χ0n) is 14.3. The molecule has 1 aliphatic rings. The van der Waals surface area contributed by atoms with E-state index in [0.29, 0.717) is 6.54 Å². The van der Waals surface area contributed by atoms with Crippen molar-refractivity contribution in [1.29, 1.82) is 0 Å². The van der Waals surface area contributed by atoms with Crippen LogP contribution in [0.25, 0.3) is 0 Å². The van der Waals surface area contributed by atoms with E-state index in [1.165, 1.54) is 6.33 Å². The minimum absolute atomic E-state index is 0.233. The number of rotatable bonds is 6. The quantitative estimate of drug-likeness (QED) is 0.748. The number of carbonyl (C=O) groups is 1. The second kappa shape index (κ2) is 8.11. The third-order valence-electron chi connectivity index (χ3n) is 4.71. The molecular formula is C18H25N5O2. The lowest BCUT2D eigenvalue weighted by Gasteiger charge is -2.32. The average Bonchev–Trinajstić information content (AvgIpc) is 3.14. The molecule has 0 bridgehead atoms. The number of nitrogens with zero attached hydrogens (tertiary/aromatic N) is 3. The summed E-state index contributed by atoms with van der Waals surface area (Å²) in [6.07, 6.45) is 7.77. The predicted molar refractivity (Wildman–Crippen MR) is 93.8 cm³/mol. The topological polar surface area (TPSA) is 92.1 Å². The molecule has 0 spiro atoms.